The summed E-state index contributed by atoms with van der Waals surface area (Å²) < 4.78 is 5.29. The molecule has 2 aliphatic rings. The lowest BCUT2D eigenvalue weighted by Gasteiger charge is -2.37. The first kappa shape index (κ1) is 9.68. The van der Waals surface area contributed by atoms with Crippen LogP contribution in [-0.2, 0) is 9.53 Å². The summed E-state index contributed by atoms with van der Waals surface area (Å²) in [4.78, 5) is 15.4. The summed E-state index contributed by atoms with van der Waals surface area (Å²) in [6, 6.07) is 0.487. The third-order valence-electron chi connectivity index (χ3n) is 3.26. The molecule has 3 atom stereocenters. The molecule has 0 aromatic carbocycles. The Morgan fingerprint density at radius 3 is 2.79 bits per heavy atom. The number of amides is 1. The molecule has 0 N–H and O–H groups in total. The highest BCUT2D eigenvalue weighted by Gasteiger charge is 2.42. The molecule has 0 aromatic rings. The molecule has 78 valence electrons. The van der Waals surface area contributed by atoms with Crippen LogP contribution in [0, 0.1) is 0 Å². The number of nitrogens with zero attached hydrogens (tertiary/aromatic N) is 2. The maximum Gasteiger partial charge on any atom is 0.224 e. The lowest BCUT2D eigenvalue weighted by atomic mass is 10.0. The number of likely N-dealkylation sites (N-methyl/N-ethyl adjacent to an activating group) is 2. The number of likely N-dealkylation sites (tertiary alicyclic amines) is 1. The van der Waals surface area contributed by atoms with Crippen molar-refractivity contribution in [2.45, 2.75) is 24.7 Å². The highest BCUT2D eigenvalue weighted by Crippen LogP contribution is 2.28. The molecular formula is C10H16N2O2. The molecule has 2 rings (SSSR count). The van der Waals surface area contributed by atoms with Crippen LogP contribution in [0.25, 0.3) is 0 Å². The van der Waals surface area contributed by atoms with E-state index < -0.39 is 0 Å². The van der Waals surface area contributed by atoms with Gasteiger partial charge in [-0.05, 0) is 13.1 Å². The van der Waals surface area contributed by atoms with E-state index >= 15 is 0 Å². The molecule has 4 heteroatoms. The van der Waals surface area contributed by atoms with E-state index in [1.165, 1.54) is 0 Å². The van der Waals surface area contributed by atoms with Crippen LogP contribution >= 0.6 is 0 Å². The standard InChI is InChI=1S/C10H16N2O2/c1-11-7-4-5-10(14-3)12(2)8(7)6-9(11)13/h4-5,7-8,10H,6H2,1-3H3. The van der Waals surface area contributed by atoms with Crippen molar-refractivity contribution in [1.82, 2.24) is 9.80 Å². The van der Waals surface area contributed by atoms with Crippen LogP contribution in [0.3, 0.4) is 0 Å². The van der Waals surface area contributed by atoms with Crippen molar-refractivity contribution in [2.75, 3.05) is 21.2 Å². The van der Waals surface area contributed by atoms with Gasteiger partial charge in [0.1, 0.15) is 6.23 Å². The van der Waals surface area contributed by atoms with Crippen LogP contribution in [0.2, 0.25) is 0 Å². The number of rotatable bonds is 1. The fourth-order valence-electron chi connectivity index (χ4n) is 2.29. The molecule has 0 aliphatic carbocycles. The lowest BCUT2D eigenvalue weighted by molar-refractivity contribution is -0.127. The van der Waals surface area contributed by atoms with Gasteiger partial charge in [-0.25, -0.2) is 0 Å². The zero-order valence-corrected chi connectivity index (χ0v) is 8.80. The van der Waals surface area contributed by atoms with Crippen molar-refractivity contribution in [1.29, 1.82) is 0 Å². The van der Waals surface area contributed by atoms with Crippen LogP contribution in [0.1, 0.15) is 6.42 Å². The second kappa shape index (κ2) is 3.37. The average Bonchev–Trinajstić information content (AvgIpc) is 2.46. The summed E-state index contributed by atoms with van der Waals surface area (Å²) in [7, 11) is 5.55. The minimum Gasteiger partial charge on any atom is -0.363 e. The van der Waals surface area contributed by atoms with Crippen molar-refractivity contribution in [3.63, 3.8) is 0 Å². The van der Waals surface area contributed by atoms with Crippen molar-refractivity contribution in [2.24, 2.45) is 0 Å². The number of methoxy groups -OCH3 is 1. The Morgan fingerprint density at radius 2 is 2.14 bits per heavy atom. The van der Waals surface area contributed by atoms with Crippen LogP contribution in [0.4, 0.5) is 0 Å². The number of fused-ring (bicyclic) bond motifs is 1. The van der Waals surface area contributed by atoms with Gasteiger partial charge in [0, 0.05) is 26.6 Å². The molecule has 4 nitrogen and oxygen atoms in total. The fourth-order valence-corrected chi connectivity index (χ4v) is 2.29. The van der Waals surface area contributed by atoms with Crippen LogP contribution in [0.15, 0.2) is 12.2 Å². The molecule has 14 heavy (non-hydrogen) atoms. The highest BCUT2D eigenvalue weighted by atomic mass is 16.5. The molecule has 2 aliphatic heterocycles. The Morgan fingerprint density at radius 1 is 1.43 bits per heavy atom. The lowest BCUT2D eigenvalue weighted by Crippen LogP contribution is -2.49. The molecule has 0 bridgehead atoms. The second-order valence-electron chi connectivity index (χ2n) is 3.94. The zero-order chi connectivity index (χ0) is 10.3. The first-order chi connectivity index (χ1) is 6.65. The van der Waals surface area contributed by atoms with Crippen LogP contribution in [0.5, 0.6) is 0 Å². The topological polar surface area (TPSA) is 32.8 Å². The van der Waals surface area contributed by atoms with E-state index in [1.54, 1.807) is 7.11 Å². The van der Waals surface area contributed by atoms with Crippen molar-refractivity contribution < 1.29 is 9.53 Å². The summed E-state index contributed by atoms with van der Waals surface area (Å²) in [6.07, 6.45) is 4.69. The molecular weight excluding hydrogens is 180 g/mol. The molecule has 1 saturated heterocycles. The van der Waals surface area contributed by atoms with Crippen LogP contribution in [-0.4, -0.2) is 55.2 Å². The summed E-state index contributed by atoms with van der Waals surface area (Å²) in [5.41, 5.74) is 0. The molecule has 0 spiro atoms. The quantitative estimate of drug-likeness (QED) is 0.556. The third kappa shape index (κ3) is 1.26. The van der Waals surface area contributed by atoms with Gasteiger partial charge in [0.05, 0.1) is 6.04 Å². The predicted octanol–water partition coefficient (Wildman–Crippen LogP) is 0.0598. The molecule has 1 fully saturated rings. The van der Waals surface area contributed by atoms with E-state index in [1.807, 2.05) is 25.1 Å². The van der Waals surface area contributed by atoms with E-state index in [2.05, 4.69) is 11.0 Å². The molecule has 1 amide bonds. The normalized spacial score (nSPS) is 37.8. The number of carbonyl (C=O) groups excluding carboxylic acids is 1. The summed E-state index contributed by atoms with van der Waals surface area (Å²) in [5.74, 6) is 0.216. The van der Waals surface area contributed by atoms with E-state index in [0.717, 1.165) is 0 Å². The van der Waals surface area contributed by atoms with Crippen molar-refractivity contribution in [3.8, 4) is 0 Å². The average molecular weight is 196 g/mol. The van der Waals surface area contributed by atoms with Gasteiger partial charge in [-0.3, -0.25) is 9.69 Å². The smallest absolute Gasteiger partial charge is 0.224 e. The molecule has 0 aromatic heterocycles. The number of hydrogen-bond donors (Lipinski definition) is 0. The Bertz CT molecular complexity index is 277. The molecule has 3 unspecified atom stereocenters. The van der Waals surface area contributed by atoms with Crippen LogP contribution < -0.4 is 0 Å². The summed E-state index contributed by atoms with van der Waals surface area (Å²) in [5, 5.41) is 0. The number of hydrogen-bond acceptors (Lipinski definition) is 3. The van der Waals surface area contributed by atoms with E-state index in [4.69, 9.17) is 4.74 Å². The van der Waals surface area contributed by atoms with Gasteiger partial charge in [-0.2, -0.15) is 0 Å². The van der Waals surface area contributed by atoms with Gasteiger partial charge in [0.15, 0.2) is 0 Å². The molecule has 0 radical (unpaired) electrons. The highest BCUT2D eigenvalue weighted by molar-refractivity contribution is 5.80. The van der Waals surface area contributed by atoms with Crippen molar-refractivity contribution in [3.05, 3.63) is 12.2 Å². The Hall–Kier alpha value is -0.870. The van der Waals surface area contributed by atoms with Gasteiger partial charge in [-0.1, -0.05) is 6.08 Å². The largest absolute Gasteiger partial charge is 0.363 e. The van der Waals surface area contributed by atoms with E-state index in [-0.39, 0.29) is 24.2 Å². The monoisotopic (exact) mass is 196 g/mol. The third-order valence-corrected chi connectivity index (χ3v) is 3.26. The Labute approximate surface area is 84.1 Å². The van der Waals surface area contributed by atoms with Crippen molar-refractivity contribution >= 4 is 5.91 Å². The van der Waals surface area contributed by atoms with Gasteiger partial charge in [0.25, 0.3) is 0 Å². The molecule has 2 heterocycles. The van der Waals surface area contributed by atoms with Gasteiger partial charge < -0.3 is 9.64 Å². The van der Waals surface area contributed by atoms with Gasteiger partial charge >= 0.3 is 0 Å². The Kier molecular flexibility index (Phi) is 2.33. The number of ether oxygens (including phenoxy) is 1. The molecule has 0 saturated carbocycles. The summed E-state index contributed by atoms with van der Waals surface area (Å²) in [6.45, 7) is 0. The van der Waals surface area contributed by atoms with E-state index in [9.17, 15) is 4.79 Å². The second-order valence-corrected chi connectivity index (χ2v) is 3.94. The Balaban J connectivity index is 2.23. The van der Waals surface area contributed by atoms with Gasteiger partial charge in [-0.15, -0.1) is 0 Å². The first-order valence-corrected chi connectivity index (χ1v) is 4.84. The zero-order valence-electron chi connectivity index (χ0n) is 8.80. The minimum absolute atomic E-state index is 0.00977. The first-order valence-electron chi connectivity index (χ1n) is 4.84. The number of carbonyl (C=O) groups is 1. The van der Waals surface area contributed by atoms with Gasteiger partial charge in [0.2, 0.25) is 5.91 Å². The minimum atomic E-state index is 0.00977. The fraction of sp³-hybridized carbons (Fsp3) is 0.700. The maximum atomic E-state index is 11.5. The van der Waals surface area contributed by atoms with E-state index in [0.29, 0.717) is 6.42 Å². The maximum absolute atomic E-state index is 11.5. The summed E-state index contributed by atoms with van der Waals surface area (Å²) >= 11 is 0. The predicted molar refractivity (Wildman–Crippen MR) is 52.7 cm³/mol. The SMILES string of the molecule is COC1C=CC2C(CC(=O)N2C)N1C.